The van der Waals surface area contributed by atoms with Crippen LogP contribution in [0.3, 0.4) is 0 Å². The Morgan fingerprint density at radius 1 is 1.22 bits per heavy atom. The lowest BCUT2D eigenvalue weighted by atomic mass is 10.1. The average Bonchev–Trinajstić information content (AvgIpc) is 2.93. The van der Waals surface area contributed by atoms with Crippen LogP contribution in [0, 0.1) is 0 Å². The molecule has 0 fully saturated rings. The number of fused-ring (bicyclic) bond motifs is 1. The third kappa shape index (κ3) is 3.08. The van der Waals surface area contributed by atoms with E-state index in [9.17, 15) is 4.79 Å². The monoisotopic (exact) mass is 308 g/mol. The number of nitrogens with zero attached hydrogens (tertiary/aromatic N) is 1. The number of carbonyl (C=O) groups is 1. The molecule has 5 nitrogen and oxygen atoms in total. The Morgan fingerprint density at radius 3 is 2.65 bits per heavy atom. The summed E-state index contributed by atoms with van der Waals surface area (Å²) in [6, 6.07) is 14.3. The fourth-order valence-corrected chi connectivity index (χ4v) is 2.38. The topological polar surface area (TPSA) is 74.8 Å². The number of aromatic carboxylic acids is 1. The molecular weight excluding hydrogens is 292 g/mol. The van der Waals surface area contributed by atoms with E-state index in [0.29, 0.717) is 0 Å². The Kier molecular flexibility index (Phi) is 4.10. The Morgan fingerprint density at radius 2 is 1.96 bits per heavy atom. The van der Waals surface area contributed by atoms with E-state index in [1.165, 1.54) is 12.1 Å². The predicted octanol–water partition coefficient (Wildman–Crippen LogP) is 4.14. The molecule has 23 heavy (non-hydrogen) atoms. The first kappa shape index (κ1) is 14.8. The highest BCUT2D eigenvalue weighted by atomic mass is 16.4. The summed E-state index contributed by atoms with van der Waals surface area (Å²) in [5.41, 5.74) is 5.66. The lowest BCUT2D eigenvalue weighted by Crippen LogP contribution is -1.96. The number of nitrogens with one attached hydrogen (secondary N) is 1. The highest BCUT2D eigenvalue weighted by Crippen LogP contribution is 2.24. The van der Waals surface area contributed by atoms with Crippen LogP contribution in [0.5, 0.6) is 0 Å². The minimum Gasteiger partial charge on any atom is -0.478 e. The zero-order valence-corrected chi connectivity index (χ0v) is 12.6. The number of aryl methyl sites for hydroxylation is 1. The number of hydrogen-bond donors (Lipinski definition) is 2. The van der Waals surface area contributed by atoms with Gasteiger partial charge in [0, 0.05) is 17.4 Å². The van der Waals surface area contributed by atoms with Gasteiger partial charge in [-0.2, -0.15) is 5.10 Å². The maximum Gasteiger partial charge on any atom is 0.335 e. The Hall–Kier alpha value is -3.08. The molecular formula is C18H16N2O3. The summed E-state index contributed by atoms with van der Waals surface area (Å²) in [5, 5.41) is 14.1. The molecule has 2 N–H and O–H groups in total. The van der Waals surface area contributed by atoms with Crippen LogP contribution in [0.15, 0.2) is 58.0 Å². The van der Waals surface area contributed by atoms with Gasteiger partial charge in [0.1, 0.15) is 11.3 Å². The van der Waals surface area contributed by atoms with Crippen molar-refractivity contribution in [1.82, 2.24) is 0 Å². The quantitative estimate of drug-likeness (QED) is 0.548. The van der Waals surface area contributed by atoms with Crippen molar-refractivity contribution in [3.63, 3.8) is 0 Å². The van der Waals surface area contributed by atoms with Crippen LogP contribution in [0.2, 0.25) is 0 Å². The van der Waals surface area contributed by atoms with Gasteiger partial charge < -0.3 is 9.52 Å². The number of hydrazone groups is 1. The van der Waals surface area contributed by atoms with Crippen LogP contribution in [-0.4, -0.2) is 17.3 Å². The van der Waals surface area contributed by atoms with Gasteiger partial charge in [0.15, 0.2) is 0 Å². The van der Waals surface area contributed by atoms with Crippen molar-refractivity contribution in [3.8, 4) is 0 Å². The number of benzene rings is 2. The van der Waals surface area contributed by atoms with E-state index in [-0.39, 0.29) is 5.56 Å². The highest BCUT2D eigenvalue weighted by molar-refractivity contribution is 5.99. The van der Waals surface area contributed by atoms with E-state index >= 15 is 0 Å². The van der Waals surface area contributed by atoms with Crippen LogP contribution in [-0.2, 0) is 6.42 Å². The van der Waals surface area contributed by atoms with Gasteiger partial charge in [-0.05, 0) is 30.3 Å². The summed E-state index contributed by atoms with van der Waals surface area (Å²) < 4.78 is 5.81. The van der Waals surface area contributed by atoms with Crippen molar-refractivity contribution in [1.29, 1.82) is 0 Å². The molecule has 0 aliphatic rings. The molecule has 2 aromatic carbocycles. The van der Waals surface area contributed by atoms with Crippen molar-refractivity contribution in [2.45, 2.75) is 13.3 Å². The standard InChI is InChI=1S/C18H16N2O3/c1-2-16-15(14-5-3-4-6-17(14)23-16)11-19-20-13-9-7-12(8-10-13)18(21)22/h3-11,20H,2H2,1H3,(H,21,22)/b19-11-. The highest BCUT2D eigenvalue weighted by Gasteiger charge is 2.10. The average molecular weight is 308 g/mol. The lowest BCUT2D eigenvalue weighted by Gasteiger charge is -2.00. The second-order valence-corrected chi connectivity index (χ2v) is 5.04. The zero-order chi connectivity index (χ0) is 16.2. The number of anilines is 1. The maximum absolute atomic E-state index is 10.8. The van der Waals surface area contributed by atoms with Crippen molar-refractivity contribution in [2.24, 2.45) is 5.10 Å². The van der Waals surface area contributed by atoms with E-state index in [4.69, 9.17) is 9.52 Å². The molecule has 0 saturated heterocycles. The molecule has 1 heterocycles. The first-order valence-electron chi connectivity index (χ1n) is 7.32. The van der Waals surface area contributed by atoms with Crippen LogP contribution >= 0.6 is 0 Å². The largest absolute Gasteiger partial charge is 0.478 e. The van der Waals surface area contributed by atoms with E-state index in [1.807, 2.05) is 31.2 Å². The summed E-state index contributed by atoms with van der Waals surface area (Å²) >= 11 is 0. The second kappa shape index (κ2) is 6.36. The van der Waals surface area contributed by atoms with E-state index in [0.717, 1.165) is 34.4 Å². The molecule has 1 aromatic heterocycles. The molecule has 0 atom stereocenters. The van der Waals surface area contributed by atoms with Crippen molar-refractivity contribution in [3.05, 3.63) is 65.4 Å². The van der Waals surface area contributed by atoms with Crippen LogP contribution < -0.4 is 5.43 Å². The predicted molar refractivity (Wildman–Crippen MR) is 90.2 cm³/mol. The van der Waals surface area contributed by atoms with E-state index in [1.54, 1.807) is 18.3 Å². The van der Waals surface area contributed by atoms with Gasteiger partial charge in [0.2, 0.25) is 0 Å². The van der Waals surface area contributed by atoms with Gasteiger partial charge in [-0.1, -0.05) is 25.1 Å². The summed E-state index contributed by atoms with van der Waals surface area (Å²) in [6.45, 7) is 2.03. The molecule has 0 aliphatic carbocycles. The molecule has 0 bridgehead atoms. The zero-order valence-electron chi connectivity index (χ0n) is 12.6. The molecule has 3 aromatic rings. The second-order valence-electron chi connectivity index (χ2n) is 5.04. The molecule has 5 heteroatoms. The Bertz CT molecular complexity index is 864. The molecule has 116 valence electrons. The minimum atomic E-state index is -0.947. The Balaban J connectivity index is 1.81. The third-order valence-electron chi connectivity index (χ3n) is 3.55. The van der Waals surface area contributed by atoms with Crippen molar-refractivity contribution in [2.75, 3.05) is 5.43 Å². The molecule has 0 aliphatic heterocycles. The molecule has 3 rings (SSSR count). The summed E-state index contributed by atoms with van der Waals surface area (Å²) in [4.78, 5) is 10.8. The van der Waals surface area contributed by atoms with Gasteiger partial charge >= 0.3 is 5.97 Å². The van der Waals surface area contributed by atoms with Crippen molar-refractivity contribution >= 4 is 28.8 Å². The van der Waals surface area contributed by atoms with E-state index < -0.39 is 5.97 Å². The van der Waals surface area contributed by atoms with Crippen LogP contribution in [0.25, 0.3) is 11.0 Å². The van der Waals surface area contributed by atoms with Gasteiger partial charge in [-0.3, -0.25) is 5.43 Å². The normalized spacial score (nSPS) is 11.2. The number of rotatable bonds is 5. The number of para-hydroxylation sites is 1. The SMILES string of the molecule is CCc1oc2ccccc2c1/C=N\Nc1ccc(C(=O)O)cc1. The molecule has 0 radical (unpaired) electrons. The lowest BCUT2D eigenvalue weighted by molar-refractivity contribution is 0.0697. The van der Waals surface area contributed by atoms with Gasteiger partial charge in [0.05, 0.1) is 17.5 Å². The van der Waals surface area contributed by atoms with Crippen molar-refractivity contribution < 1.29 is 14.3 Å². The van der Waals surface area contributed by atoms with Crippen LogP contribution in [0.4, 0.5) is 5.69 Å². The third-order valence-corrected chi connectivity index (χ3v) is 3.55. The smallest absolute Gasteiger partial charge is 0.335 e. The maximum atomic E-state index is 10.8. The van der Waals surface area contributed by atoms with E-state index in [2.05, 4.69) is 10.5 Å². The number of hydrogen-bond acceptors (Lipinski definition) is 4. The number of carboxylic acids is 1. The molecule has 0 amide bonds. The number of furan rings is 1. The molecule has 0 unspecified atom stereocenters. The minimum absolute atomic E-state index is 0.244. The van der Waals surface area contributed by atoms with Gasteiger partial charge in [-0.25, -0.2) is 4.79 Å². The Labute approximate surface area is 133 Å². The summed E-state index contributed by atoms with van der Waals surface area (Å²) in [6.07, 6.45) is 2.51. The van der Waals surface area contributed by atoms with Gasteiger partial charge in [-0.15, -0.1) is 0 Å². The summed E-state index contributed by atoms with van der Waals surface area (Å²) in [7, 11) is 0. The first-order chi connectivity index (χ1) is 11.2. The van der Waals surface area contributed by atoms with Crippen LogP contribution in [0.1, 0.15) is 28.6 Å². The molecule has 0 saturated carbocycles. The fraction of sp³-hybridized carbons (Fsp3) is 0.111. The molecule has 0 spiro atoms. The van der Waals surface area contributed by atoms with Gasteiger partial charge in [0.25, 0.3) is 0 Å². The first-order valence-corrected chi connectivity index (χ1v) is 7.32. The number of carboxylic acid groups (broad SMARTS) is 1. The summed E-state index contributed by atoms with van der Waals surface area (Å²) in [5.74, 6) is -0.0597. The fourth-order valence-electron chi connectivity index (χ4n) is 2.38.